The van der Waals surface area contributed by atoms with Crippen LogP contribution in [0, 0.1) is 17.8 Å². The fraction of sp³-hybridized carbons (Fsp3) is 0.308. The molecule has 6 nitrogen and oxygen atoms in total. The number of ketones is 1. The zero-order valence-corrected chi connectivity index (χ0v) is 18.0. The van der Waals surface area contributed by atoms with Crippen molar-refractivity contribution >= 4 is 22.8 Å². The topological polar surface area (TPSA) is 76.2 Å². The molecule has 0 atom stereocenters. The van der Waals surface area contributed by atoms with Gasteiger partial charge in [0.05, 0.1) is 23.9 Å². The van der Waals surface area contributed by atoms with E-state index in [0.29, 0.717) is 28.3 Å². The highest BCUT2D eigenvalue weighted by atomic mass is 16.5. The van der Waals surface area contributed by atoms with Crippen LogP contribution >= 0.6 is 0 Å². The number of carbonyl (C=O) groups excluding carboxylic acids is 1. The van der Waals surface area contributed by atoms with E-state index in [0.717, 1.165) is 42.8 Å². The van der Waals surface area contributed by atoms with Crippen LogP contribution in [0.15, 0.2) is 42.2 Å². The summed E-state index contributed by atoms with van der Waals surface area (Å²) in [4.78, 5) is 13.0. The molecule has 0 amide bonds. The molecule has 5 rings (SSSR count). The van der Waals surface area contributed by atoms with Crippen LogP contribution in [-0.2, 0) is 0 Å². The number of Topliss-reactive ketones (excluding diaryl/α,β-unsaturated/α-hetero) is 1. The SMILES string of the molecule is COc1ccc2c(c1C#CCCC1CCNCC1)O/C(=C\c1n[nH]c3ccccc13)C2=O. The third-order valence-electron chi connectivity index (χ3n) is 6.14. The number of methoxy groups -OCH3 is 1. The van der Waals surface area contributed by atoms with Crippen molar-refractivity contribution < 1.29 is 14.3 Å². The third-order valence-corrected chi connectivity index (χ3v) is 6.14. The lowest BCUT2D eigenvalue weighted by Gasteiger charge is -2.21. The molecule has 0 bridgehead atoms. The van der Waals surface area contributed by atoms with Crippen molar-refractivity contribution in [2.24, 2.45) is 5.92 Å². The van der Waals surface area contributed by atoms with Crippen LogP contribution in [0.4, 0.5) is 0 Å². The van der Waals surface area contributed by atoms with Gasteiger partial charge in [0.15, 0.2) is 11.5 Å². The number of benzene rings is 2. The minimum atomic E-state index is -0.174. The molecule has 6 heteroatoms. The van der Waals surface area contributed by atoms with Crippen molar-refractivity contribution in [1.82, 2.24) is 15.5 Å². The normalized spacial score (nSPS) is 17.2. The van der Waals surface area contributed by atoms with Gasteiger partial charge in [-0.15, -0.1) is 0 Å². The number of ether oxygens (including phenoxy) is 2. The number of carbonyl (C=O) groups is 1. The van der Waals surface area contributed by atoms with Gasteiger partial charge in [-0.05, 0) is 56.5 Å². The number of aromatic amines is 1. The summed E-state index contributed by atoms with van der Waals surface area (Å²) in [6.45, 7) is 2.18. The van der Waals surface area contributed by atoms with Gasteiger partial charge in [0.2, 0.25) is 5.78 Å². The van der Waals surface area contributed by atoms with E-state index in [-0.39, 0.29) is 11.5 Å². The second-order valence-electron chi connectivity index (χ2n) is 8.15. The Morgan fingerprint density at radius 3 is 2.91 bits per heavy atom. The molecule has 0 saturated carbocycles. The van der Waals surface area contributed by atoms with E-state index in [4.69, 9.17) is 9.47 Å². The predicted octanol–water partition coefficient (Wildman–Crippen LogP) is 4.32. The molecule has 1 aromatic heterocycles. The molecule has 2 N–H and O–H groups in total. The smallest absolute Gasteiger partial charge is 0.232 e. The molecule has 0 aliphatic carbocycles. The molecule has 0 spiro atoms. The van der Waals surface area contributed by atoms with Crippen molar-refractivity contribution in [1.29, 1.82) is 0 Å². The molecule has 3 heterocycles. The highest BCUT2D eigenvalue weighted by Gasteiger charge is 2.31. The first-order valence-corrected chi connectivity index (χ1v) is 11.0. The molecule has 32 heavy (non-hydrogen) atoms. The van der Waals surface area contributed by atoms with Crippen LogP contribution in [-0.4, -0.2) is 36.2 Å². The average Bonchev–Trinajstić information content (AvgIpc) is 3.39. The number of nitrogens with one attached hydrogen (secondary N) is 2. The summed E-state index contributed by atoms with van der Waals surface area (Å²) in [7, 11) is 1.60. The number of allylic oxidation sites excluding steroid dienone is 1. The van der Waals surface area contributed by atoms with Gasteiger partial charge in [-0.3, -0.25) is 9.89 Å². The number of hydrogen-bond acceptors (Lipinski definition) is 5. The van der Waals surface area contributed by atoms with Gasteiger partial charge >= 0.3 is 0 Å². The van der Waals surface area contributed by atoms with E-state index in [1.165, 1.54) is 12.8 Å². The molecule has 0 unspecified atom stereocenters. The Kier molecular flexibility index (Phi) is 5.66. The zero-order chi connectivity index (χ0) is 21.9. The van der Waals surface area contributed by atoms with Crippen molar-refractivity contribution in [2.75, 3.05) is 20.2 Å². The van der Waals surface area contributed by atoms with Crippen LogP contribution in [0.5, 0.6) is 11.5 Å². The van der Waals surface area contributed by atoms with Gasteiger partial charge in [0.25, 0.3) is 0 Å². The number of nitrogens with zero attached hydrogens (tertiary/aromatic N) is 1. The summed E-state index contributed by atoms with van der Waals surface area (Å²) in [5.74, 6) is 8.36. The molecule has 162 valence electrons. The quantitative estimate of drug-likeness (QED) is 0.479. The Bertz CT molecular complexity index is 1260. The van der Waals surface area contributed by atoms with E-state index < -0.39 is 0 Å². The summed E-state index contributed by atoms with van der Waals surface area (Å²) in [5, 5.41) is 11.6. The minimum Gasteiger partial charge on any atom is -0.495 e. The van der Waals surface area contributed by atoms with Crippen molar-refractivity contribution in [3.05, 3.63) is 59.0 Å². The maximum absolute atomic E-state index is 13.0. The fourth-order valence-electron chi connectivity index (χ4n) is 4.34. The lowest BCUT2D eigenvalue weighted by Crippen LogP contribution is -2.27. The van der Waals surface area contributed by atoms with Gasteiger partial charge in [-0.1, -0.05) is 30.0 Å². The molecule has 3 aromatic rings. The molecule has 2 aliphatic heterocycles. The van der Waals surface area contributed by atoms with Crippen molar-refractivity contribution in [3.63, 3.8) is 0 Å². The lowest BCUT2D eigenvalue weighted by molar-refractivity contribution is 0.101. The number of hydrogen-bond donors (Lipinski definition) is 2. The maximum Gasteiger partial charge on any atom is 0.232 e. The summed E-state index contributed by atoms with van der Waals surface area (Å²) >= 11 is 0. The zero-order valence-electron chi connectivity index (χ0n) is 18.0. The number of aromatic nitrogens is 2. The molecule has 1 saturated heterocycles. The van der Waals surface area contributed by atoms with Crippen LogP contribution in [0.25, 0.3) is 17.0 Å². The summed E-state index contributed by atoms with van der Waals surface area (Å²) < 4.78 is 11.5. The van der Waals surface area contributed by atoms with E-state index in [9.17, 15) is 4.79 Å². The highest BCUT2D eigenvalue weighted by Crippen LogP contribution is 2.39. The number of H-pyrrole nitrogens is 1. The number of piperidine rings is 1. The molecular weight excluding hydrogens is 402 g/mol. The van der Waals surface area contributed by atoms with E-state index >= 15 is 0 Å². The van der Waals surface area contributed by atoms with Crippen LogP contribution in [0.3, 0.4) is 0 Å². The Morgan fingerprint density at radius 1 is 1.22 bits per heavy atom. The molecule has 2 aliphatic rings. The summed E-state index contributed by atoms with van der Waals surface area (Å²) in [5.41, 5.74) is 2.70. The van der Waals surface area contributed by atoms with Gasteiger partial charge in [0, 0.05) is 17.9 Å². The Balaban J connectivity index is 1.42. The molecule has 1 fully saturated rings. The predicted molar refractivity (Wildman–Crippen MR) is 124 cm³/mol. The second kappa shape index (κ2) is 8.89. The fourth-order valence-corrected chi connectivity index (χ4v) is 4.34. The van der Waals surface area contributed by atoms with Crippen LogP contribution in [0.2, 0.25) is 0 Å². The monoisotopic (exact) mass is 427 g/mol. The van der Waals surface area contributed by atoms with E-state index in [2.05, 4.69) is 27.4 Å². The summed E-state index contributed by atoms with van der Waals surface area (Å²) in [6.07, 6.45) is 6.00. The van der Waals surface area contributed by atoms with Crippen molar-refractivity contribution in [2.45, 2.75) is 25.7 Å². The second-order valence-corrected chi connectivity index (χ2v) is 8.15. The minimum absolute atomic E-state index is 0.174. The Labute approximate surface area is 187 Å². The molecule has 0 radical (unpaired) electrons. The first kappa shape index (κ1) is 20.3. The van der Waals surface area contributed by atoms with Crippen LogP contribution in [0.1, 0.15) is 47.3 Å². The third kappa shape index (κ3) is 3.88. The number of rotatable bonds is 4. The maximum atomic E-state index is 13.0. The number of para-hydroxylation sites is 1. The molecular formula is C26H25N3O3. The first-order valence-electron chi connectivity index (χ1n) is 11.0. The first-order chi connectivity index (χ1) is 15.7. The van der Waals surface area contributed by atoms with Gasteiger partial charge in [-0.25, -0.2) is 0 Å². The van der Waals surface area contributed by atoms with E-state index in [1.807, 2.05) is 24.3 Å². The Hall–Kier alpha value is -3.56. The largest absolute Gasteiger partial charge is 0.495 e. The Morgan fingerprint density at radius 2 is 2.06 bits per heavy atom. The standard InChI is InChI=1S/C26H25N3O3/c1-31-23-11-10-20-25(30)24(16-22-18-7-4-5-9-21(18)28-29-22)32-26(20)19(23)8-3-2-6-17-12-14-27-15-13-17/h4-5,7,9-11,16-17,27H,2,6,12-15H2,1H3,(H,28,29)/b24-16-. The van der Waals surface area contributed by atoms with Gasteiger partial charge < -0.3 is 14.8 Å². The van der Waals surface area contributed by atoms with Gasteiger partial charge in [-0.2, -0.15) is 5.10 Å². The van der Waals surface area contributed by atoms with E-state index in [1.54, 1.807) is 25.3 Å². The van der Waals surface area contributed by atoms with Crippen LogP contribution < -0.4 is 14.8 Å². The average molecular weight is 428 g/mol. The summed E-state index contributed by atoms with van der Waals surface area (Å²) in [6, 6.07) is 11.3. The lowest BCUT2D eigenvalue weighted by atomic mass is 9.93. The van der Waals surface area contributed by atoms with Gasteiger partial charge in [0.1, 0.15) is 11.3 Å². The highest BCUT2D eigenvalue weighted by molar-refractivity contribution is 6.15. The van der Waals surface area contributed by atoms with Crippen molar-refractivity contribution in [3.8, 4) is 23.3 Å². The number of fused-ring (bicyclic) bond motifs is 2. The molecule has 2 aromatic carbocycles.